The first kappa shape index (κ1) is 36.9. The summed E-state index contributed by atoms with van der Waals surface area (Å²) >= 11 is 1.51. The van der Waals surface area contributed by atoms with Gasteiger partial charge in [0.15, 0.2) is 0 Å². The average molecular weight is 689 g/mol. The molecule has 1 heterocycles. The molecule has 224 valence electrons. The molecule has 0 amide bonds. The Kier molecular flexibility index (Phi) is 13.9. The minimum absolute atomic E-state index is 0. The fraction of sp³-hybridized carbons (Fsp3) is 0.308. The van der Waals surface area contributed by atoms with Gasteiger partial charge in [0, 0.05) is 6.26 Å². The molecule has 1 atom stereocenters. The zero-order valence-electron chi connectivity index (χ0n) is 26.4. The Morgan fingerprint density at radius 1 is 0.884 bits per heavy atom. The predicted octanol–water partition coefficient (Wildman–Crippen LogP) is 3.91. The summed E-state index contributed by atoms with van der Waals surface area (Å²) in [5.74, 6) is 0.444. The molecular formula is C39H42Cl2OZr-2. The van der Waals surface area contributed by atoms with Crippen molar-refractivity contribution in [3.05, 3.63) is 137 Å². The molecule has 6 rings (SSSR count). The second-order valence-corrected chi connectivity index (χ2v) is 13.9. The van der Waals surface area contributed by atoms with Crippen LogP contribution in [0.1, 0.15) is 81.8 Å². The Morgan fingerprint density at radius 3 is 2.12 bits per heavy atom. The SMILES string of the molecule is CC(C)(C)c1c[c-]c2c(c1)-c1cc(C(C)(C)C)ccc1C2.CC1[C-]=C(c2ccoc2)C=C1.[Cl-].[Cl-].[Zr+2]=[CH]Cc1ccccc1. The predicted molar refractivity (Wildman–Crippen MR) is 171 cm³/mol. The van der Waals surface area contributed by atoms with Crippen molar-refractivity contribution in [3.8, 4) is 11.1 Å². The molecular weight excluding hydrogens is 647 g/mol. The van der Waals surface area contributed by atoms with E-state index in [0.717, 1.165) is 24.0 Å². The van der Waals surface area contributed by atoms with Crippen molar-refractivity contribution in [2.24, 2.45) is 5.92 Å². The number of hydrogen-bond acceptors (Lipinski definition) is 1. The number of furan rings is 1. The van der Waals surface area contributed by atoms with Gasteiger partial charge < -0.3 is 29.2 Å². The molecule has 2 aliphatic carbocycles. The third-order valence-corrected chi connectivity index (χ3v) is 7.98. The van der Waals surface area contributed by atoms with Crippen LogP contribution in [0.3, 0.4) is 0 Å². The molecule has 0 N–H and O–H groups in total. The summed E-state index contributed by atoms with van der Waals surface area (Å²) in [6.45, 7) is 15.8. The zero-order valence-corrected chi connectivity index (χ0v) is 30.4. The van der Waals surface area contributed by atoms with E-state index in [2.05, 4.69) is 131 Å². The van der Waals surface area contributed by atoms with E-state index in [0.29, 0.717) is 5.92 Å². The van der Waals surface area contributed by atoms with Crippen LogP contribution in [0.15, 0.2) is 95.8 Å². The number of fused-ring (bicyclic) bond motifs is 3. The Balaban J connectivity index is 0.000000247. The van der Waals surface area contributed by atoms with Gasteiger partial charge >= 0.3 is 70.3 Å². The molecule has 4 aromatic rings. The van der Waals surface area contributed by atoms with Crippen molar-refractivity contribution in [1.29, 1.82) is 0 Å². The van der Waals surface area contributed by atoms with Gasteiger partial charge in [0.05, 0.1) is 6.26 Å². The van der Waals surface area contributed by atoms with Gasteiger partial charge in [0.1, 0.15) is 0 Å². The van der Waals surface area contributed by atoms with Gasteiger partial charge in [-0.15, -0.1) is 11.6 Å². The van der Waals surface area contributed by atoms with Crippen LogP contribution in [-0.2, 0) is 47.9 Å². The molecule has 4 heteroatoms. The van der Waals surface area contributed by atoms with Crippen LogP contribution in [0.4, 0.5) is 0 Å². The molecule has 0 aliphatic heterocycles. The van der Waals surface area contributed by atoms with Crippen LogP contribution in [-0.4, -0.2) is 3.71 Å². The number of benzene rings is 3. The van der Waals surface area contributed by atoms with Gasteiger partial charge in [0.2, 0.25) is 0 Å². The van der Waals surface area contributed by atoms with Gasteiger partial charge in [-0.05, 0) is 17.4 Å². The van der Waals surface area contributed by atoms with Gasteiger partial charge in [-0.2, -0.15) is 47.1 Å². The topological polar surface area (TPSA) is 13.1 Å². The molecule has 0 spiro atoms. The molecule has 1 aromatic heterocycles. The van der Waals surface area contributed by atoms with E-state index in [1.807, 2.05) is 12.1 Å². The Labute approximate surface area is 287 Å². The first-order chi connectivity index (χ1) is 19.5. The summed E-state index contributed by atoms with van der Waals surface area (Å²) in [6.07, 6.45) is 13.1. The van der Waals surface area contributed by atoms with E-state index in [1.165, 1.54) is 63.2 Å². The number of rotatable bonds is 3. The quantitative estimate of drug-likeness (QED) is 0.262. The summed E-state index contributed by atoms with van der Waals surface area (Å²) in [6, 6.07) is 27.5. The van der Waals surface area contributed by atoms with Crippen molar-refractivity contribution < 1.29 is 53.5 Å². The molecule has 0 saturated carbocycles. The fourth-order valence-corrected chi connectivity index (χ4v) is 5.48. The van der Waals surface area contributed by atoms with E-state index >= 15 is 0 Å². The number of allylic oxidation sites excluding steroid dienone is 4. The van der Waals surface area contributed by atoms with Crippen molar-refractivity contribution in [2.45, 2.75) is 72.1 Å². The van der Waals surface area contributed by atoms with Crippen LogP contribution < -0.4 is 24.8 Å². The first-order valence-corrected chi connectivity index (χ1v) is 15.9. The van der Waals surface area contributed by atoms with Gasteiger partial charge in [-0.25, -0.2) is 0 Å². The fourth-order valence-electron chi connectivity index (χ4n) is 4.90. The number of halogens is 2. The molecule has 3 aromatic carbocycles. The Morgan fingerprint density at radius 2 is 1.56 bits per heavy atom. The van der Waals surface area contributed by atoms with Crippen LogP contribution in [0.5, 0.6) is 0 Å². The summed E-state index contributed by atoms with van der Waals surface area (Å²) in [5, 5.41) is 0. The standard InChI is InChI=1S/C21H25.C10H9O.C8H8.2ClH.Zr/c1-20(2,3)16-9-7-14-11-15-8-10-17(21(4,5)6)13-19(15)18(14)12-16;1-8-2-3-9(6-8)10-4-5-11-7-10;1-2-8-6-4-3-5-7-8;;;/h7,9-10,12-13H,11H2,1-6H3;2-5,7-8H,1H3;1,3-7H,2H2;2*1H;/q2*-1;;;;+2/p-2. The minimum atomic E-state index is 0. The second-order valence-electron chi connectivity index (χ2n) is 12.9. The maximum atomic E-state index is 4.97. The van der Waals surface area contributed by atoms with Gasteiger partial charge in [0.25, 0.3) is 0 Å². The molecule has 2 aliphatic rings. The summed E-state index contributed by atoms with van der Waals surface area (Å²) < 4.78 is 7.22. The van der Waals surface area contributed by atoms with Crippen molar-refractivity contribution in [2.75, 3.05) is 0 Å². The molecule has 1 unspecified atom stereocenters. The summed E-state index contributed by atoms with van der Waals surface area (Å²) in [5.41, 5.74) is 12.4. The van der Waals surface area contributed by atoms with Gasteiger partial charge in [-0.3, -0.25) is 0 Å². The van der Waals surface area contributed by atoms with E-state index in [1.54, 1.807) is 12.5 Å². The van der Waals surface area contributed by atoms with Crippen LogP contribution in [0.25, 0.3) is 16.7 Å². The van der Waals surface area contributed by atoms with Crippen molar-refractivity contribution >= 4 is 9.28 Å². The monoisotopic (exact) mass is 686 g/mol. The average Bonchev–Trinajstić information content (AvgIpc) is 3.68. The van der Waals surface area contributed by atoms with Crippen LogP contribution in [0.2, 0.25) is 0 Å². The number of hydrogen-bond donors (Lipinski definition) is 0. The summed E-state index contributed by atoms with van der Waals surface area (Å²) in [4.78, 5) is 0. The Bertz CT molecular complexity index is 1460. The van der Waals surface area contributed by atoms with E-state index < -0.39 is 0 Å². The second kappa shape index (κ2) is 16.2. The van der Waals surface area contributed by atoms with Crippen molar-refractivity contribution in [3.63, 3.8) is 0 Å². The molecule has 1 nitrogen and oxygen atoms in total. The molecule has 0 saturated heterocycles. The molecule has 0 fully saturated rings. The normalized spacial score (nSPS) is 14.4. The Hall–Kier alpha value is -2.25. The first-order valence-electron chi connectivity index (χ1n) is 14.5. The van der Waals surface area contributed by atoms with Crippen LogP contribution >= 0.6 is 0 Å². The van der Waals surface area contributed by atoms with Gasteiger partial charge in [-0.1, -0.05) is 101 Å². The maximum absolute atomic E-state index is 4.97. The van der Waals surface area contributed by atoms with Crippen molar-refractivity contribution in [1.82, 2.24) is 0 Å². The van der Waals surface area contributed by atoms with E-state index in [4.69, 9.17) is 4.42 Å². The molecule has 43 heavy (non-hydrogen) atoms. The third-order valence-electron chi connectivity index (χ3n) is 7.47. The molecule has 0 radical (unpaired) electrons. The zero-order chi connectivity index (χ0) is 29.6. The molecule has 0 bridgehead atoms. The van der Waals surface area contributed by atoms with Crippen LogP contribution in [0, 0.1) is 18.1 Å². The summed E-state index contributed by atoms with van der Waals surface area (Å²) in [7, 11) is 0. The van der Waals surface area contributed by atoms with E-state index in [9.17, 15) is 0 Å². The van der Waals surface area contributed by atoms with E-state index in [-0.39, 0.29) is 35.6 Å². The third kappa shape index (κ3) is 10.1.